The summed E-state index contributed by atoms with van der Waals surface area (Å²) in [5, 5.41) is 10.7. The topological polar surface area (TPSA) is 59.0 Å². The molecule has 1 aromatic heterocycles. The van der Waals surface area contributed by atoms with Crippen LogP contribution in [0, 0.1) is 0 Å². The summed E-state index contributed by atoms with van der Waals surface area (Å²) >= 11 is 0. The molecule has 0 aliphatic heterocycles. The van der Waals surface area contributed by atoms with E-state index >= 15 is 0 Å². The number of hydrogen-bond acceptors (Lipinski definition) is 3. The first-order valence-corrected chi connectivity index (χ1v) is 7.74. The van der Waals surface area contributed by atoms with Crippen LogP contribution in [-0.2, 0) is 11.3 Å². The van der Waals surface area contributed by atoms with Crippen molar-refractivity contribution in [2.75, 3.05) is 6.54 Å². The van der Waals surface area contributed by atoms with Crippen LogP contribution in [0.25, 0.3) is 0 Å². The Morgan fingerprint density at radius 1 is 1.40 bits per heavy atom. The van der Waals surface area contributed by atoms with E-state index in [9.17, 15) is 4.79 Å². The highest BCUT2D eigenvalue weighted by Crippen LogP contribution is 2.17. The Morgan fingerprint density at radius 2 is 2.20 bits per heavy atom. The Bertz CT molecular complexity index is 385. The fourth-order valence-electron chi connectivity index (χ4n) is 2.73. The molecular formula is C15H26N4O. The van der Waals surface area contributed by atoms with E-state index in [4.69, 9.17) is 0 Å². The fraction of sp³-hybridized carbons (Fsp3) is 0.733. The second-order valence-corrected chi connectivity index (χ2v) is 5.74. The summed E-state index contributed by atoms with van der Waals surface area (Å²) in [6.07, 6.45) is 10.4. The molecule has 1 heterocycles. The van der Waals surface area contributed by atoms with E-state index in [1.807, 2.05) is 16.9 Å². The van der Waals surface area contributed by atoms with E-state index in [0.29, 0.717) is 18.5 Å². The van der Waals surface area contributed by atoms with E-state index in [1.54, 1.807) is 6.20 Å². The molecule has 1 unspecified atom stereocenters. The largest absolute Gasteiger partial charge is 0.353 e. The maximum Gasteiger partial charge on any atom is 0.221 e. The molecule has 2 N–H and O–H groups in total. The van der Waals surface area contributed by atoms with Gasteiger partial charge in [-0.15, -0.1) is 0 Å². The molecule has 0 aromatic carbocycles. The minimum Gasteiger partial charge on any atom is -0.353 e. The zero-order chi connectivity index (χ0) is 14.2. The number of carbonyl (C=O) groups excluding carboxylic acids is 1. The van der Waals surface area contributed by atoms with E-state index in [1.165, 1.54) is 19.3 Å². The maximum absolute atomic E-state index is 11.8. The lowest BCUT2D eigenvalue weighted by Crippen LogP contribution is -2.39. The minimum absolute atomic E-state index is 0.177. The molecule has 0 bridgehead atoms. The highest BCUT2D eigenvalue weighted by atomic mass is 16.1. The smallest absolute Gasteiger partial charge is 0.221 e. The van der Waals surface area contributed by atoms with Crippen LogP contribution in [0.5, 0.6) is 0 Å². The van der Waals surface area contributed by atoms with E-state index in [2.05, 4.69) is 22.7 Å². The summed E-state index contributed by atoms with van der Waals surface area (Å²) < 4.78 is 1.90. The molecule has 112 valence electrons. The molecule has 20 heavy (non-hydrogen) atoms. The van der Waals surface area contributed by atoms with Gasteiger partial charge in [-0.05, 0) is 25.8 Å². The van der Waals surface area contributed by atoms with Crippen molar-refractivity contribution in [1.29, 1.82) is 0 Å². The number of amides is 1. The quantitative estimate of drug-likeness (QED) is 0.798. The first-order chi connectivity index (χ1) is 9.74. The number of rotatable bonds is 7. The van der Waals surface area contributed by atoms with Gasteiger partial charge in [0.15, 0.2) is 0 Å². The Morgan fingerprint density at radius 3 is 2.90 bits per heavy atom. The molecule has 1 aliphatic carbocycles. The lowest BCUT2D eigenvalue weighted by atomic mass is 9.95. The van der Waals surface area contributed by atoms with Crippen molar-refractivity contribution in [1.82, 2.24) is 20.4 Å². The van der Waals surface area contributed by atoms with Crippen LogP contribution in [0.3, 0.4) is 0 Å². The third-order valence-electron chi connectivity index (χ3n) is 3.84. The van der Waals surface area contributed by atoms with E-state index < -0.39 is 0 Å². The van der Waals surface area contributed by atoms with Crippen LogP contribution in [0.2, 0.25) is 0 Å². The van der Waals surface area contributed by atoms with Gasteiger partial charge in [-0.2, -0.15) is 5.10 Å². The molecule has 5 nitrogen and oxygen atoms in total. The zero-order valence-corrected chi connectivity index (χ0v) is 12.3. The van der Waals surface area contributed by atoms with Crippen molar-refractivity contribution in [3.8, 4) is 0 Å². The van der Waals surface area contributed by atoms with Crippen LogP contribution in [-0.4, -0.2) is 34.3 Å². The summed E-state index contributed by atoms with van der Waals surface area (Å²) in [6, 6.07) is 2.65. The van der Waals surface area contributed by atoms with Crippen LogP contribution in [0.1, 0.15) is 45.4 Å². The van der Waals surface area contributed by atoms with Crippen molar-refractivity contribution in [3.05, 3.63) is 18.5 Å². The van der Waals surface area contributed by atoms with Crippen LogP contribution in [0.4, 0.5) is 0 Å². The third kappa shape index (κ3) is 5.33. The Labute approximate surface area is 121 Å². The molecule has 0 radical (unpaired) electrons. The van der Waals surface area contributed by atoms with Crippen molar-refractivity contribution >= 4 is 5.91 Å². The second-order valence-electron chi connectivity index (χ2n) is 5.74. The Hall–Kier alpha value is -1.36. The second kappa shape index (κ2) is 8.04. The molecule has 1 atom stereocenters. The Kier molecular flexibility index (Phi) is 6.05. The minimum atomic E-state index is 0.177. The molecule has 5 heteroatoms. The van der Waals surface area contributed by atoms with E-state index in [0.717, 1.165) is 25.9 Å². The number of carbonyl (C=O) groups is 1. The molecule has 1 fully saturated rings. The molecular weight excluding hydrogens is 252 g/mol. The van der Waals surface area contributed by atoms with Gasteiger partial charge in [0.2, 0.25) is 5.91 Å². The standard InChI is InChI=1S/C15H26N4O/c1-13(12-19-11-5-9-17-19)16-10-8-15(20)18-14-6-3-2-4-7-14/h5,9,11,13-14,16H,2-4,6-8,10,12H2,1H3,(H,18,20). The zero-order valence-electron chi connectivity index (χ0n) is 12.3. The molecule has 1 aromatic rings. The lowest BCUT2D eigenvalue weighted by Gasteiger charge is -2.23. The van der Waals surface area contributed by atoms with Gasteiger partial charge in [0.25, 0.3) is 0 Å². The van der Waals surface area contributed by atoms with Crippen molar-refractivity contribution in [3.63, 3.8) is 0 Å². The summed E-state index contributed by atoms with van der Waals surface area (Å²) in [7, 11) is 0. The summed E-state index contributed by atoms with van der Waals surface area (Å²) in [6.45, 7) is 3.67. The highest BCUT2D eigenvalue weighted by molar-refractivity contribution is 5.76. The maximum atomic E-state index is 11.8. The van der Waals surface area contributed by atoms with Gasteiger partial charge in [-0.3, -0.25) is 9.48 Å². The molecule has 1 aliphatic rings. The Balaban J connectivity index is 1.56. The molecule has 2 rings (SSSR count). The number of nitrogens with zero attached hydrogens (tertiary/aromatic N) is 2. The molecule has 0 spiro atoms. The van der Waals surface area contributed by atoms with Gasteiger partial charge in [0.1, 0.15) is 0 Å². The fourth-order valence-corrected chi connectivity index (χ4v) is 2.73. The van der Waals surface area contributed by atoms with Crippen molar-refractivity contribution in [2.45, 2.75) is 64.1 Å². The predicted molar refractivity (Wildman–Crippen MR) is 79.3 cm³/mol. The summed E-state index contributed by atoms with van der Waals surface area (Å²) in [5.74, 6) is 0.177. The summed E-state index contributed by atoms with van der Waals surface area (Å²) in [5.41, 5.74) is 0. The first kappa shape index (κ1) is 15.0. The monoisotopic (exact) mass is 278 g/mol. The lowest BCUT2D eigenvalue weighted by molar-refractivity contribution is -0.121. The first-order valence-electron chi connectivity index (χ1n) is 7.74. The van der Waals surface area contributed by atoms with E-state index in [-0.39, 0.29) is 5.91 Å². The van der Waals surface area contributed by atoms with Crippen LogP contribution >= 0.6 is 0 Å². The van der Waals surface area contributed by atoms with Gasteiger partial charge in [0, 0.05) is 37.4 Å². The summed E-state index contributed by atoms with van der Waals surface area (Å²) in [4.78, 5) is 11.8. The average molecular weight is 278 g/mol. The van der Waals surface area contributed by atoms with Crippen LogP contribution in [0.15, 0.2) is 18.5 Å². The third-order valence-corrected chi connectivity index (χ3v) is 3.84. The number of aromatic nitrogens is 2. The SMILES string of the molecule is CC(Cn1cccn1)NCCC(=O)NC1CCCCC1. The van der Waals surface area contributed by atoms with Crippen molar-refractivity contribution in [2.24, 2.45) is 0 Å². The van der Waals surface area contributed by atoms with Gasteiger partial charge in [-0.1, -0.05) is 19.3 Å². The average Bonchev–Trinajstić information content (AvgIpc) is 2.92. The van der Waals surface area contributed by atoms with Crippen molar-refractivity contribution < 1.29 is 4.79 Å². The predicted octanol–water partition coefficient (Wildman–Crippen LogP) is 1.70. The number of hydrogen-bond donors (Lipinski definition) is 2. The number of nitrogens with one attached hydrogen (secondary N) is 2. The van der Waals surface area contributed by atoms with Crippen LogP contribution < -0.4 is 10.6 Å². The highest BCUT2D eigenvalue weighted by Gasteiger charge is 2.15. The molecule has 1 amide bonds. The van der Waals surface area contributed by atoms with Gasteiger partial charge in [0.05, 0.1) is 6.54 Å². The molecule has 0 saturated heterocycles. The van der Waals surface area contributed by atoms with Gasteiger partial charge >= 0.3 is 0 Å². The molecule has 1 saturated carbocycles. The van der Waals surface area contributed by atoms with Gasteiger partial charge in [-0.25, -0.2) is 0 Å². The normalized spacial score (nSPS) is 17.9. The van der Waals surface area contributed by atoms with Gasteiger partial charge < -0.3 is 10.6 Å².